The predicted octanol–water partition coefficient (Wildman–Crippen LogP) is 5.33. The molecule has 0 aliphatic carbocycles. The average molecular weight is 392 g/mol. The van der Waals surface area contributed by atoms with Gasteiger partial charge >= 0.3 is 0 Å². The summed E-state index contributed by atoms with van der Waals surface area (Å²) >= 11 is 0. The van der Waals surface area contributed by atoms with Crippen LogP contribution in [0.3, 0.4) is 0 Å². The maximum absolute atomic E-state index is 14.1. The van der Waals surface area contributed by atoms with Crippen LogP contribution in [0.25, 0.3) is 0 Å². The SMILES string of the molecule is Nc1ccc(OC2=CN(Cc3ccccc3)S(Cc3ccccc3)=C2)c(F)c1. The highest BCUT2D eigenvalue weighted by Crippen LogP contribution is 2.34. The van der Waals surface area contributed by atoms with Crippen LogP contribution in [0.1, 0.15) is 11.1 Å². The Morgan fingerprint density at radius 3 is 2.25 bits per heavy atom. The minimum atomic E-state index is -0.459. The van der Waals surface area contributed by atoms with E-state index < -0.39 is 5.82 Å². The van der Waals surface area contributed by atoms with Crippen LogP contribution in [-0.2, 0) is 12.3 Å². The molecule has 142 valence electrons. The number of halogens is 1. The van der Waals surface area contributed by atoms with Gasteiger partial charge in [0.15, 0.2) is 17.3 Å². The number of allylic oxidation sites excluding steroid dienone is 1. The molecule has 1 unspecified atom stereocenters. The van der Waals surface area contributed by atoms with E-state index in [0.717, 1.165) is 12.3 Å². The van der Waals surface area contributed by atoms with Gasteiger partial charge in [0.05, 0.1) is 12.7 Å². The van der Waals surface area contributed by atoms with Crippen LogP contribution in [-0.4, -0.2) is 9.67 Å². The average Bonchev–Trinajstić information content (AvgIpc) is 3.06. The number of nitrogens with zero attached hydrogens (tertiary/aromatic N) is 1. The fourth-order valence-electron chi connectivity index (χ4n) is 2.98. The van der Waals surface area contributed by atoms with E-state index >= 15 is 0 Å². The van der Waals surface area contributed by atoms with Gasteiger partial charge in [0.2, 0.25) is 0 Å². The number of nitrogens with two attached hydrogens (primary N) is 1. The number of rotatable bonds is 6. The van der Waals surface area contributed by atoms with Crippen molar-refractivity contribution in [1.82, 2.24) is 4.31 Å². The summed E-state index contributed by atoms with van der Waals surface area (Å²) in [6.45, 7) is 0.768. The largest absolute Gasteiger partial charge is 0.452 e. The summed E-state index contributed by atoms with van der Waals surface area (Å²) in [5.74, 6) is 1.25. The quantitative estimate of drug-likeness (QED) is 0.455. The molecule has 1 aliphatic rings. The second-order valence-electron chi connectivity index (χ2n) is 6.53. The fraction of sp³-hybridized carbons (Fsp3) is 0.0870. The van der Waals surface area contributed by atoms with Gasteiger partial charge in [0, 0.05) is 22.9 Å². The second-order valence-corrected chi connectivity index (χ2v) is 8.33. The van der Waals surface area contributed by atoms with E-state index in [4.69, 9.17) is 10.5 Å². The lowest BCUT2D eigenvalue weighted by atomic mass is 10.2. The lowest BCUT2D eigenvalue weighted by Crippen LogP contribution is -2.09. The molecule has 3 aromatic rings. The van der Waals surface area contributed by atoms with Crippen molar-refractivity contribution in [3.8, 4) is 5.75 Å². The molecule has 4 rings (SSSR count). The van der Waals surface area contributed by atoms with Crippen LogP contribution in [0.2, 0.25) is 0 Å². The number of hydrogen-bond acceptors (Lipinski definition) is 3. The highest BCUT2D eigenvalue weighted by Gasteiger charge is 2.18. The summed E-state index contributed by atoms with van der Waals surface area (Å²) in [7, 11) is -0.188. The van der Waals surface area contributed by atoms with Crippen molar-refractivity contribution < 1.29 is 9.13 Å². The Morgan fingerprint density at radius 2 is 1.57 bits per heavy atom. The van der Waals surface area contributed by atoms with Crippen LogP contribution < -0.4 is 10.5 Å². The minimum Gasteiger partial charge on any atom is -0.452 e. The summed E-state index contributed by atoms with van der Waals surface area (Å²) in [6, 6.07) is 25.1. The summed E-state index contributed by atoms with van der Waals surface area (Å²) in [6.07, 6.45) is 1.97. The Bertz CT molecular complexity index is 1020. The van der Waals surface area contributed by atoms with Crippen molar-refractivity contribution in [2.45, 2.75) is 12.3 Å². The standard InChI is InChI=1S/C23H21FN2OS/c24-22-13-20(25)11-12-23(22)27-21-15-26(14-18-7-3-1-4-8-18)28(17-21)16-19-9-5-2-6-10-19/h1-13,15,17H,14,16,25H2. The number of hydrogen-bond donors (Lipinski definition) is 1. The Hall–Kier alpha value is -3.05. The smallest absolute Gasteiger partial charge is 0.167 e. The van der Waals surface area contributed by atoms with Crippen molar-refractivity contribution in [3.05, 3.63) is 108 Å². The molecule has 0 amide bonds. The molecule has 28 heavy (non-hydrogen) atoms. The third kappa shape index (κ3) is 4.43. The van der Waals surface area contributed by atoms with E-state index in [-0.39, 0.29) is 16.4 Å². The molecule has 3 aromatic carbocycles. The van der Waals surface area contributed by atoms with Crippen molar-refractivity contribution in [2.75, 3.05) is 5.73 Å². The molecule has 3 nitrogen and oxygen atoms in total. The maximum Gasteiger partial charge on any atom is 0.167 e. The first-order chi connectivity index (χ1) is 13.7. The molecule has 0 fully saturated rings. The van der Waals surface area contributed by atoms with Crippen molar-refractivity contribution in [3.63, 3.8) is 0 Å². The van der Waals surface area contributed by atoms with Gasteiger partial charge in [-0.05, 0) is 23.3 Å². The van der Waals surface area contributed by atoms with E-state index in [1.807, 2.05) is 42.6 Å². The molecule has 5 heteroatoms. The van der Waals surface area contributed by atoms with E-state index in [1.54, 1.807) is 12.1 Å². The monoisotopic (exact) mass is 392 g/mol. The molecule has 0 spiro atoms. The summed E-state index contributed by atoms with van der Waals surface area (Å²) < 4.78 is 22.2. The van der Waals surface area contributed by atoms with E-state index in [1.165, 1.54) is 17.2 Å². The number of ether oxygens (including phenoxy) is 1. The summed E-state index contributed by atoms with van der Waals surface area (Å²) in [5, 5.41) is 2.08. The molecule has 2 N–H and O–H groups in total. The first kappa shape index (κ1) is 18.3. The zero-order valence-electron chi connectivity index (χ0n) is 15.3. The molecular weight excluding hydrogens is 371 g/mol. The van der Waals surface area contributed by atoms with Crippen molar-refractivity contribution in [1.29, 1.82) is 0 Å². The van der Waals surface area contributed by atoms with E-state index in [9.17, 15) is 4.39 Å². The Morgan fingerprint density at radius 1 is 0.893 bits per heavy atom. The molecule has 0 saturated heterocycles. The zero-order valence-corrected chi connectivity index (χ0v) is 16.1. The molecular formula is C23H21FN2OS. The van der Waals surface area contributed by atoms with Gasteiger partial charge in [-0.25, -0.2) is 4.39 Å². The van der Waals surface area contributed by atoms with Crippen LogP contribution in [0, 0.1) is 5.82 Å². The zero-order chi connectivity index (χ0) is 19.3. The number of anilines is 1. The third-order valence-corrected chi connectivity index (χ3v) is 6.32. The predicted molar refractivity (Wildman–Crippen MR) is 115 cm³/mol. The van der Waals surface area contributed by atoms with Gasteiger partial charge in [0.1, 0.15) is 0 Å². The highest BCUT2D eigenvalue weighted by molar-refractivity contribution is 8.12. The number of nitrogen functional groups attached to an aromatic ring is 1. The summed E-state index contributed by atoms with van der Waals surface area (Å²) in [4.78, 5) is 0. The third-order valence-electron chi connectivity index (χ3n) is 4.35. The first-order valence-electron chi connectivity index (χ1n) is 9.01. The molecule has 1 heterocycles. The molecule has 0 aromatic heterocycles. The van der Waals surface area contributed by atoms with Crippen LogP contribution in [0.5, 0.6) is 5.75 Å². The van der Waals surface area contributed by atoms with Gasteiger partial charge in [-0.15, -0.1) is 0 Å². The normalized spacial score (nSPS) is 15.8. The Kier molecular flexibility index (Phi) is 5.44. The van der Waals surface area contributed by atoms with Gasteiger partial charge in [-0.2, -0.15) is 0 Å². The van der Waals surface area contributed by atoms with Crippen LogP contribution >= 0.6 is 10.7 Å². The van der Waals surface area contributed by atoms with Crippen molar-refractivity contribution >= 4 is 21.7 Å². The first-order valence-corrected chi connectivity index (χ1v) is 10.4. The van der Waals surface area contributed by atoms with E-state index in [2.05, 4.69) is 33.9 Å². The van der Waals surface area contributed by atoms with Crippen molar-refractivity contribution in [2.24, 2.45) is 0 Å². The highest BCUT2D eigenvalue weighted by atomic mass is 32.2. The van der Waals surface area contributed by atoms with E-state index in [0.29, 0.717) is 11.4 Å². The molecule has 0 saturated carbocycles. The van der Waals surface area contributed by atoms with Crippen LogP contribution in [0.4, 0.5) is 10.1 Å². The van der Waals surface area contributed by atoms with Gasteiger partial charge < -0.3 is 14.8 Å². The van der Waals surface area contributed by atoms with Gasteiger partial charge in [-0.3, -0.25) is 0 Å². The lowest BCUT2D eigenvalue weighted by Gasteiger charge is -2.21. The van der Waals surface area contributed by atoms with Crippen LogP contribution in [0.15, 0.2) is 90.8 Å². The lowest BCUT2D eigenvalue weighted by molar-refractivity contribution is 0.414. The molecule has 0 bridgehead atoms. The molecule has 0 radical (unpaired) electrons. The fourth-order valence-corrected chi connectivity index (χ4v) is 4.83. The Balaban J connectivity index is 1.58. The maximum atomic E-state index is 14.1. The molecule has 1 atom stereocenters. The topological polar surface area (TPSA) is 38.5 Å². The van der Waals surface area contributed by atoms with Gasteiger partial charge in [-0.1, -0.05) is 71.3 Å². The summed E-state index contributed by atoms with van der Waals surface area (Å²) in [5.41, 5.74) is 8.48. The van der Waals surface area contributed by atoms with Gasteiger partial charge in [0.25, 0.3) is 0 Å². The molecule has 1 aliphatic heterocycles. The minimum absolute atomic E-state index is 0.182. The second kappa shape index (κ2) is 8.31. The Labute approximate surface area is 166 Å². The number of benzene rings is 3.